The summed E-state index contributed by atoms with van der Waals surface area (Å²) in [7, 11) is -1.24. The number of ether oxygens (including phenoxy) is 1. The largest absolute Gasteiger partial charge is 0.364 e. The summed E-state index contributed by atoms with van der Waals surface area (Å²) in [5.74, 6) is -1.16. The molecule has 1 aliphatic rings. The lowest BCUT2D eigenvalue weighted by Gasteiger charge is -2.34. The molecule has 0 saturated carbocycles. The number of aliphatic hydroxyl groups is 1. The Morgan fingerprint density at radius 3 is 2.44 bits per heavy atom. The van der Waals surface area contributed by atoms with E-state index in [0.717, 1.165) is 16.9 Å². The average Bonchev–Trinajstić information content (AvgIpc) is 2.54. The van der Waals surface area contributed by atoms with Crippen molar-refractivity contribution in [3.05, 3.63) is 29.8 Å². The van der Waals surface area contributed by atoms with Gasteiger partial charge in [0, 0.05) is 10.3 Å². The summed E-state index contributed by atoms with van der Waals surface area (Å²) in [5, 5.41) is 10.5. The van der Waals surface area contributed by atoms with Gasteiger partial charge < -0.3 is 9.84 Å². The molecule has 1 saturated heterocycles. The fraction of sp³-hybridized carbons (Fsp3) is 0.571. The van der Waals surface area contributed by atoms with Crippen molar-refractivity contribution in [1.29, 1.82) is 0 Å². The third-order valence-corrected chi connectivity index (χ3v) is 5.19. The summed E-state index contributed by atoms with van der Waals surface area (Å²) < 4.78 is 17.7. The van der Waals surface area contributed by atoms with E-state index >= 15 is 0 Å². The van der Waals surface area contributed by atoms with Crippen LogP contribution in [-0.4, -0.2) is 27.5 Å². The van der Waals surface area contributed by atoms with Gasteiger partial charge in [0.05, 0.1) is 23.2 Å². The van der Waals surface area contributed by atoms with Gasteiger partial charge in [0.25, 0.3) is 0 Å². The summed E-state index contributed by atoms with van der Waals surface area (Å²) in [6.45, 7) is 6.41. The predicted molar refractivity (Wildman–Crippen MR) is 71.8 cm³/mol. The molecule has 100 valence electrons. The molecule has 1 aliphatic heterocycles. The first-order valence-corrected chi connectivity index (χ1v) is 7.47. The van der Waals surface area contributed by atoms with E-state index in [1.54, 1.807) is 0 Å². The van der Waals surface area contributed by atoms with Crippen molar-refractivity contribution in [2.45, 2.75) is 37.9 Å². The second-order valence-corrected chi connectivity index (χ2v) is 7.02. The molecule has 1 fully saturated rings. The van der Waals surface area contributed by atoms with E-state index < -0.39 is 16.6 Å². The van der Waals surface area contributed by atoms with Crippen molar-refractivity contribution in [1.82, 2.24) is 0 Å². The zero-order valence-corrected chi connectivity index (χ0v) is 11.9. The second kappa shape index (κ2) is 4.76. The standard InChI is InChI=1S/C14H20O3S/c1-11-4-6-12(7-5-11)18(16)10-14(15)13(2,3)8-9-17-14/h4-7,15H,8-10H2,1-3H3/t14?,18-/m1/s1. The Labute approximate surface area is 111 Å². The SMILES string of the molecule is Cc1ccc([S@](=O)CC2(O)OCCC2(C)C)cc1. The highest BCUT2D eigenvalue weighted by molar-refractivity contribution is 7.85. The number of aryl methyl sites for hydroxylation is 1. The molecule has 1 N–H and O–H groups in total. The zero-order valence-electron chi connectivity index (χ0n) is 11.1. The lowest BCUT2D eigenvalue weighted by Crippen LogP contribution is -2.46. The Morgan fingerprint density at radius 2 is 1.94 bits per heavy atom. The van der Waals surface area contributed by atoms with Crippen LogP contribution in [-0.2, 0) is 15.5 Å². The van der Waals surface area contributed by atoms with E-state index in [1.165, 1.54) is 0 Å². The highest BCUT2D eigenvalue weighted by Crippen LogP contribution is 2.42. The Balaban J connectivity index is 2.14. The monoisotopic (exact) mass is 268 g/mol. The molecule has 18 heavy (non-hydrogen) atoms. The number of hydrogen-bond donors (Lipinski definition) is 1. The fourth-order valence-electron chi connectivity index (χ4n) is 2.05. The van der Waals surface area contributed by atoms with Gasteiger partial charge in [-0.15, -0.1) is 0 Å². The van der Waals surface area contributed by atoms with E-state index in [2.05, 4.69) is 0 Å². The number of benzene rings is 1. The van der Waals surface area contributed by atoms with Gasteiger partial charge in [-0.25, -0.2) is 0 Å². The minimum absolute atomic E-state index is 0.128. The van der Waals surface area contributed by atoms with Crippen LogP contribution in [0.5, 0.6) is 0 Å². The van der Waals surface area contributed by atoms with Crippen molar-refractivity contribution < 1.29 is 14.1 Å². The van der Waals surface area contributed by atoms with Crippen LogP contribution in [0.15, 0.2) is 29.2 Å². The van der Waals surface area contributed by atoms with Crippen LogP contribution in [0.4, 0.5) is 0 Å². The maximum absolute atomic E-state index is 12.3. The molecule has 1 aromatic rings. The van der Waals surface area contributed by atoms with Crippen molar-refractivity contribution in [2.24, 2.45) is 5.41 Å². The molecule has 0 spiro atoms. The minimum Gasteiger partial charge on any atom is -0.364 e. The van der Waals surface area contributed by atoms with Crippen molar-refractivity contribution >= 4 is 10.8 Å². The van der Waals surface area contributed by atoms with E-state index in [4.69, 9.17) is 4.74 Å². The van der Waals surface area contributed by atoms with Crippen molar-refractivity contribution in [2.75, 3.05) is 12.4 Å². The lowest BCUT2D eigenvalue weighted by molar-refractivity contribution is -0.200. The van der Waals surface area contributed by atoms with E-state index in [0.29, 0.717) is 6.61 Å². The fourth-order valence-corrected chi connectivity index (χ4v) is 3.49. The molecule has 3 nitrogen and oxygen atoms in total. The normalized spacial score (nSPS) is 28.2. The van der Waals surface area contributed by atoms with E-state index in [9.17, 15) is 9.32 Å². The predicted octanol–water partition coefficient (Wildman–Crippen LogP) is 2.24. The molecule has 0 bridgehead atoms. The van der Waals surface area contributed by atoms with Gasteiger partial charge in [0.2, 0.25) is 0 Å². The van der Waals surface area contributed by atoms with Gasteiger partial charge in [-0.2, -0.15) is 0 Å². The van der Waals surface area contributed by atoms with Gasteiger partial charge in [-0.1, -0.05) is 31.5 Å². The molecular weight excluding hydrogens is 248 g/mol. The first-order chi connectivity index (χ1) is 8.34. The van der Waals surface area contributed by atoms with Crippen LogP contribution in [0, 0.1) is 12.3 Å². The van der Waals surface area contributed by atoms with E-state index in [1.807, 2.05) is 45.0 Å². The van der Waals surface area contributed by atoms with Crippen LogP contribution in [0.1, 0.15) is 25.8 Å². The Kier molecular flexibility index (Phi) is 3.63. The molecule has 0 aromatic heterocycles. The van der Waals surface area contributed by atoms with Gasteiger partial charge in [0.15, 0.2) is 5.79 Å². The molecule has 0 aliphatic carbocycles. The van der Waals surface area contributed by atoms with Gasteiger partial charge in [-0.3, -0.25) is 4.21 Å². The first-order valence-electron chi connectivity index (χ1n) is 6.15. The smallest absolute Gasteiger partial charge is 0.182 e. The first kappa shape index (κ1) is 13.7. The highest BCUT2D eigenvalue weighted by atomic mass is 32.2. The number of rotatable bonds is 3. The number of hydrogen-bond acceptors (Lipinski definition) is 3. The minimum atomic E-state index is -1.29. The third-order valence-electron chi connectivity index (χ3n) is 3.74. The van der Waals surface area contributed by atoms with Gasteiger partial charge >= 0.3 is 0 Å². The summed E-state index contributed by atoms with van der Waals surface area (Å²) >= 11 is 0. The van der Waals surface area contributed by atoms with Gasteiger partial charge in [0.1, 0.15) is 0 Å². The Bertz CT molecular complexity index is 453. The van der Waals surface area contributed by atoms with Crippen molar-refractivity contribution in [3.8, 4) is 0 Å². The quantitative estimate of drug-likeness (QED) is 0.914. The summed E-state index contributed by atoms with van der Waals surface area (Å²) in [5.41, 5.74) is 0.778. The Morgan fingerprint density at radius 1 is 1.33 bits per heavy atom. The summed E-state index contributed by atoms with van der Waals surface area (Å²) in [6.07, 6.45) is 0.786. The van der Waals surface area contributed by atoms with Crippen LogP contribution < -0.4 is 0 Å². The van der Waals surface area contributed by atoms with Crippen LogP contribution >= 0.6 is 0 Å². The van der Waals surface area contributed by atoms with Gasteiger partial charge in [-0.05, 0) is 25.5 Å². The van der Waals surface area contributed by atoms with Crippen molar-refractivity contribution in [3.63, 3.8) is 0 Å². The van der Waals surface area contributed by atoms with Crippen LogP contribution in [0.3, 0.4) is 0 Å². The molecule has 1 aromatic carbocycles. The van der Waals surface area contributed by atoms with Crippen LogP contribution in [0.25, 0.3) is 0 Å². The molecule has 4 heteroatoms. The molecule has 2 rings (SSSR count). The lowest BCUT2D eigenvalue weighted by atomic mass is 9.84. The topological polar surface area (TPSA) is 46.5 Å². The Hall–Kier alpha value is -0.710. The van der Waals surface area contributed by atoms with Crippen LogP contribution in [0.2, 0.25) is 0 Å². The molecule has 1 unspecified atom stereocenters. The molecule has 2 atom stereocenters. The molecule has 1 heterocycles. The zero-order chi connectivity index (χ0) is 13.4. The average molecular weight is 268 g/mol. The molecule has 0 radical (unpaired) electrons. The third kappa shape index (κ3) is 2.51. The molecule has 0 amide bonds. The summed E-state index contributed by atoms with van der Waals surface area (Å²) in [6, 6.07) is 7.55. The summed E-state index contributed by atoms with van der Waals surface area (Å²) in [4.78, 5) is 0.736. The maximum atomic E-state index is 12.3. The molecular formula is C14H20O3S. The van der Waals surface area contributed by atoms with E-state index in [-0.39, 0.29) is 11.2 Å². The second-order valence-electron chi connectivity index (χ2n) is 5.57. The highest BCUT2D eigenvalue weighted by Gasteiger charge is 2.50. The maximum Gasteiger partial charge on any atom is 0.182 e.